The number of nitrogens with one attached hydrogen (secondary N) is 1. The second kappa shape index (κ2) is 20.8. The van der Waals surface area contributed by atoms with E-state index in [4.69, 9.17) is 0 Å². The molecule has 2 nitrogen and oxygen atoms in total. The summed E-state index contributed by atoms with van der Waals surface area (Å²) in [5, 5.41) is 2.83. The molecule has 1 N–H and O–H groups in total. The number of thiol groups is 1. The Balaban J connectivity index is 3.39. The van der Waals surface area contributed by atoms with E-state index >= 15 is 0 Å². The molecule has 0 saturated heterocycles. The molecule has 0 heterocycles. The van der Waals surface area contributed by atoms with Crippen LogP contribution >= 0.6 is 12.6 Å². The van der Waals surface area contributed by atoms with Crippen LogP contribution in [-0.2, 0) is 4.79 Å². The van der Waals surface area contributed by atoms with Gasteiger partial charge in [-0.1, -0.05) is 68.4 Å². The number of rotatable bonds is 16. The Hall–Kier alpha value is -1.22. The van der Waals surface area contributed by atoms with Crippen LogP contribution in [0.5, 0.6) is 0 Å². The predicted octanol–water partition coefficient (Wildman–Crippen LogP) is 6.18. The molecule has 1 amide bonds. The molecule has 142 valence electrons. The van der Waals surface area contributed by atoms with Crippen LogP contribution in [0.25, 0.3) is 0 Å². The van der Waals surface area contributed by atoms with Crippen LogP contribution in [0.3, 0.4) is 0 Å². The Morgan fingerprint density at radius 2 is 1.24 bits per heavy atom. The smallest absolute Gasteiger partial charge is 0.229 e. The number of allylic oxidation sites excluding steroid dienone is 8. The summed E-state index contributed by atoms with van der Waals surface area (Å²) in [5.74, 6) is 0.290. The summed E-state index contributed by atoms with van der Waals surface area (Å²) < 4.78 is 0. The Morgan fingerprint density at radius 1 is 0.760 bits per heavy atom. The van der Waals surface area contributed by atoms with Crippen LogP contribution < -0.4 is 5.32 Å². The molecule has 0 atom stereocenters. The van der Waals surface area contributed by atoms with Crippen LogP contribution in [-0.4, -0.2) is 18.2 Å². The lowest BCUT2D eigenvalue weighted by atomic mass is 10.2. The first-order valence-electron chi connectivity index (χ1n) is 9.78. The van der Waals surface area contributed by atoms with E-state index in [9.17, 15) is 4.79 Å². The van der Waals surface area contributed by atoms with Crippen molar-refractivity contribution in [2.24, 2.45) is 0 Å². The van der Waals surface area contributed by atoms with Gasteiger partial charge in [0.15, 0.2) is 0 Å². The molecular weight excluding hydrogens is 326 g/mol. The van der Waals surface area contributed by atoms with Crippen molar-refractivity contribution in [1.29, 1.82) is 0 Å². The summed E-state index contributed by atoms with van der Waals surface area (Å²) in [6.07, 6.45) is 29.4. The summed E-state index contributed by atoms with van der Waals surface area (Å²) in [7, 11) is 0. The average molecular weight is 364 g/mol. The highest BCUT2D eigenvalue weighted by atomic mass is 32.1. The zero-order valence-electron chi connectivity index (χ0n) is 16.0. The van der Waals surface area contributed by atoms with Crippen molar-refractivity contribution in [3.63, 3.8) is 0 Å². The van der Waals surface area contributed by atoms with Crippen molar-refractivity contribution in [3.05, 3.63) is 48.6 Å². The average Bonchev–Trinajstić information content (AvgIpc) is 2.63. The number of unbranched alkanes of at least 4 members (excludes halogenated alkanes) is 5. The second-order valence-electron chi connectivity index (χ2n) is 6.09. The molecule has 0 aromatic carbocycles. The van der Waals surface area contributed by atoms with Gasteiger partial charge in [0, 0.05) is 6.54 Å². The molecule has 0 unspecified atom stereocenters. The third kappa shape index (κ3) is 20.7. The van der Waals surface area contributed by atoms with Crippen LogP contribution in [0.15, 0.2) is 48.6 Å². The van der Waals surface area contributed by atoms with Gasteiger partial charge in [0.05, 0.1) is 5.75 Å². The minimum absolute atomic E-state index is 0.0149. The van der Waals surface area contributed by atoms with Crippen molar-refractivity contribution in [2.75, 3.05) is 12.3 Å². The maximum Gasteiger partial charge on any atom is 0.229 e. The van der Waals surface area contributed by atoms with Crippen LogP contribution in [0, 0.1) is 0 Å². The molecule has 0 radical (unpaired) electrons. The van der Waals surface area contributed by atoms with E-state index in [2.05, 4.69) is 73.5 Å². The molecule has 0 aliphatic carbocycles. The lowest BCUT2D eigenvalue weighted by molar-refractivity contribution is -0.118. The molecule has 0 rings (SSSR count). The van der Waals surface area contributed by atoms with Gasteiger partial charge in [-0.2, -0.15) is 12.6 Å². The number of hydrogen-bond donors (Lipinski definition) is 2. The summed E-state index contributed by atoms with van der Waals surface area (Å²) in [5.41, 5.74) is 0. The monoisotopic (exact) mass is 363 g/mol. The predicted molar refractivity (Wildman–Crippen MR) is 115 cm³/mol. The normalized spacial score (nSPS) is 12.2. The molecule has 0 aromatic heterocycles. The van der Waals surface area contributed by atoms with E-state index in [1.54, 1.807) is 0 Å². The SMILES string of the molecule is CCCCCC=CCC=CCC=CCC=CCCCCNC(=O)CS. The molecular formula is C22H37NOS. The molecule has 0 fully saturated rings. The van der Waals surface area contributed by atoms with Gasteiger partial charge in [0.25, 0.3) is 0 Å². The van der Waals surface area contributed by atoms with Crippen LogP contribution in [0.1, 0.15) is 71.1 Å². The van der Waals surface area contributed by atoms with Crippen molar-refractivity contribution >= 4 is 18.5 Å². The maximum atomic E-state index is 11.0. The van der Waals surface area contributed by atoms with Crippen molar-refractivity contribution in [2.45, 2.75) is 71.1 Å². The minimum Gasteiger partial charge on any atom is -0.355 e. The molecule has 3 heteroatoms. The fourth-order valence-electron chi connectivity index (χ4n) is 2.23. The Morgan fingerprint density at radius 3 is 1.72 bits per heavy atom. The number of hydrogen-bond acceptors (Lipinski definition) is 2. The lowest BCUT2D eigenvalue weighted by Gasteiger charge is -2.01. The van der Waals surface area contributed by atoms with E-state index in [0.717, 1.165) is 45.1 Å². The van der Waals surface area contributed by atoms with Gasteiger partial charge in [-0.3, -0.25) is 4.79 Å². The molecule has 25 heavy (non-hydrogen) atoms. The molecule has 0 aliphatic heterocycles. The Labute approximate surface area is 161 Å². The highest BCUT2D eigenvalue weighted by molar-refractivity contribution is 7.81. The van der Waals surface area contributed by atoms with E-state index in [0.29, 0.717) is 0 Å². The topological polar surface area (TPSA) is 29.1 Å². The molecule has 0 aliphatic rings. The second-order valence-corrected chi connectivity index (χ2v) is 6.41. The fourth-order valence-corrected chi connectivity index (χ4v) is 2.34. The third-order valence-electron chi connectivity index (χ3n) is 3.72. The third-order valence-corrected chi connectivity index (χ3v) is 4.01. The summed E-state index contributed by atoms with van der Waals surface area (Å²) >= 11 is 3.92. The summed E-state index contributed by atoms with van der Waals surface area (Å²) in [6, 6.07) is 0. The number of carbonyl (C=O) groups is 1. The first-order chi connectivity index (χ1) is 12.3. The number of carbonyl (C=O) groups excluding carboxylic acids is 1. The van der Waals surface area contributed by atoms with Crippen molar-refractivity contribution in [1.82, 2.24) is 5.32 Å². The molecule has 0 saturated carbocycles. The Bertz CT molecular complexity index is 410. The quantitative estimate of drug-likeness (QED) is 0.191. The van der Waals surface area contributed by atoms with E-state index < -0.39 is 0 Å². The van der Waals surface area contributed by atoms with Crippen molar-refractivity contribution in [3.8, 4) is 0 Å². The van der Waals surface area contributed by atoms with Gasteiger partial charge in [0.1, 0.15) is 0 Å². The minimum atomic E-state index is 0.0149. The van der Waals surface area contributed by atoms with Gasteiger partial charge in [0.2, 0.25) is 5.91 Å². The molecule has 0 aromatic rings. The largest absolute Gasteiger partial charge is 0.355 e. The van der Waals surface area contributed by atoms with E-state index in [1.165, 1.54) is 25.7 Å². The summed E-state index contributed by atoms with van der Waals surface area (Å²) in [6.45, 7) is 3.00. The lowest BCUT2D eigenvalue weighted by Crippen LogP contribution is -2.25. The highest BCUT2D eigenvalue weighted by Crippen LogP contribution is 2.01. The van der Waals surface area contributed by atoms with E-state index in [1.807, 2.05) is 0 Å². The molecule has 0 spiro atoms. The highest BCUT2D eigenvalue weighted by Gasteiger charge is 1.94. The zero-order chi connectivity index (χ0) is 18.4. The van der Waals surface area contributed by atoms with Crippen LogP contribution in [0.4, 0.5) is 0 Å². The van der Waals surface area contributed by atoms with Gasteiger partial charge in [-0.05, 0) is 51.4 Å². The molecule has 0 bridgehead atoms. The van der Waals surface area contributed by atoms with Gasteiger partial charge in [-0.15, -0.1) is 0 Å². The number of amides is 1. The fraction of sp³-hybridized carbons (Fsp3) is 0.591. The van der Waals surface area contributed by atoms with Gasteiger partial charge in [-0.25, -0.2) is 0 Å². The van der Waals surface area contributed by atoms with E-state index in [-0.39, 0.29) is 11.7 Å². The first-order valence-corrected chi connectivity index (χ1v) is 10.4. The first kappa shape index (κ1) is 23.8. The van der Waals surface area contributed by atoms with Crippen molar-refractivity contribution < 1.29 is 4.79 Å². The zero-order valence-corrected chi connectivity index (χ0v) is 16.9. The maximum absolute atomic E-state index is 11.0. The van der Waals surface area contributed by atoms with Gasteiger partial charge < -0.3 is 5.32 Å². The Kier molecular flexibility index (Phi) is 19.8. The standard InChI is InChI=1S/C22H37NOS/c1-2-3-4-5-6-7-8-9-10-11-12-13-14-15-16-17-18-19-20-23-22(24)21-25/h6-7,9-10,12-13,15-16,25H,2-5,8,11,14,17-21H2,1H3,(H,23,24). The van der Waals surface area contributed by atoms with Crippen LogP contribution in [0.2, 0.25) is 0 Å². The van der Waals surface area contributed by atoms with Gasteiger partial charge >= 0.3 is 0 Å². The summed E-state index contributed by atoms with van der Waals surface area (Å²) in [4.78, 5) is 11.0.